The molecule has 268 valence electrons. The largest absolute Gasteiger partial charge is 0.493 e. The summed E-state index contributed by atoms with van der Waals surface area (Å²) in [5.74, 6) is -0.665. The normalized spacial score (nSPS) is 15.5. The van der Waals surface area contributed by atoms with Crippen LogP contribution >= 0.6 is 0 Å². The molecule has 0 saturated heterocycles. The first-order valence-electron chi connectivity index (χ1n) is 17.5. The van der Waals surface area contributed by atoms with Gasteiger partial charge in [-0.25, -0.2) is 0 Å². The predicted octanol–water partition coefficient (Wildman–Crippen LogP) is 6.31. The van der Waals surface area contributed by atoms with Gasteiger partial charge in [0.15, 0.2) is 17.3 Å². The molecule has 0 spiro atoms. The van der Waals surface area contributed by atoms with Crippen molar-refractivity contribution < 1.29 is 33.4 Å². The van der Waals surface area contributed by atoms with Crippen LogP contribution in [0.3, 0.4) is 0 Å². The van der Waals surface area contributed by atoms with Crippen LogP contribution in [0.4, 0.5) is 17.1 Å². The van der Waals surface area contributed by atoms with Crippen LogP contribution in [0.2, 0.25) is 0 Å². The molecule has 2 aliphatic heterocycles. The highest BCUT2D eigenvalue weighted by Crippen LogP contribution is 2.41. The number of nitrogens with one attached hydrogen (secondary N) is 2. The Balaban J connectivity index is 1.21. The molecular formula is C40H46N4O7. The second-order valence-electron chi connectivity index (χ2n) is 13.3. The standard InChI is InChI=1S/C40H46N4O7/c1-6-27-16-28(18-30(17-27)43-39(48)24(2)15-35(46)26(4)42-38(47)14-10-7-11-25(3)45)23-51-37-21-33-32(20-36(37)50-5)40(49)44-31(22-41-33)19-29-12-8-9-13-34(29)44/h8-9,12-13,16-18,20-22,24,26,31H,6-7,10-11,14-15,19,23H2,1-5H3,(H,42,47)(H,43,48)/t24-,26+,31+/m1/s1. The summed E-state index contributed by atoms with van der Waals surface area (Å²) in [4.78, 5) is 69.5. The Hall–Kier alpha value is -5.32. The molecule has 0 fully saturated rings. The van der Waals surface area contributed by atoms with E-state index in [-0.39, 0.29) is 54.8 Å². The molecule has 2 heterocycles. The molecule has 0 radical (unpaired) electrons. The average Bonchev–Trinajstić information content (AvgIpc) is 3.43. The zero-order chi connectivity index (χ0) is 36.7. The summed E-state index contributed by atoms with van der Waals surface area (Å²) >= 11 is 0. The number of aliphatic imine (C=N–C) groups is 1. The van der Waals surface area contributed by atoms with Crippen LogP contribution in [0.5, 0.6) is 11.5 Å². The van der Waals surface area contributed by atoms with Gasteiger partial charge in [-0.3, -0.25) is 29.1 Å². The minimum absolute atomic E-state index is 0.0326. The topological polar surface area (TPSA) is 143 Å². The number of ether oxygens (including phenoxy) is 2. The van der Waals surface area contributed by atoms with Gasteiger partial charge in [0.1, 0.15) is 12.4 Å². The van der Waals surface area contributed by atoms with Crippen molar-refractivity contribution in [2.45, 2.75) is 91.3 Å². The van der Waals surface area contributed by atoms with Gasteiger partial charge in [-0.1, -0.05) is 38.1 Å². The van der Waals surface area contributed by atoms with Gasteiger partial charge < -0.3 is 24.9 Å². The molecule has 0 aliphatic carbocycles. The summed E-state index contributed by atoms with van der Waals surface area (Å²) in [5.41, 5.74) is 5.29. The minimum atomic E-state index is -0.727. The fourth-order valence-electron chi connectivity index (χ4n) is 6.36. The number of unbranched alkanes of at least 4 members (excludes halogenated alkanes) is 1. The predicted molar refractivity (Wildman–Crippen MR) is 196 cm³/mol. The Kier molecular flexibility index (Phi) is 12.0. The fraction of sp³-hybridized carbons (Fsp3) is 0.400. The van der Waals surface area contributed by atoms with E-state index in [9.17, 15) is 24.0 Å². The Morgan fingerprint density at radius 2 is 1.73 bits per heavy atom. The van der Waals surface area contributed by atoms with Gasteiger partial charge in [0.05, 0.1) is 30.4 Å². The third-order valence-corrected chi connectivity index (χ3v) is 9.25. The van der Waals surface area contributed by atoms with Crippen LogP contribution in [-0.2, 0) is 38.6 Å². The highest BCUT2D eigenvalue weighted by Gasteiger charge is 2.36. The number of fused-ring (bicyclic) bond motifs is 4. The number of nitrogens with zero attached hydrogens (tertiary/aromatic N) is 2. The highest BCUT2D eigenvalue weighted by atomic mass is 16.5. The van der Waals surface area contributed by atoms with Crippen LogP contribution in [-0.4, -0.2) is 54.7 Å². The molecule has 5 rings (SSSR count). The van der Waals surface area contributed by atoms with Gasteiger partial charge in [-0.05, 0) is 74.1 Å². The molecule has 0 bridgehead atoms. The quantitative estimate of drug-likeness (QED) is 0.167. The van der Waals surface area contributed by atoms with Crippen molar-refractivity contribution in [3.05, 3.63) is 76.9 Å². The number of benzene rings is 3. The first-order chi connectivity index (χ1) is 24.5. The average molecular weight is 695 g/mol. The van der Waals surface area contributed by atoms with Crippen LogP contribution in [0, 0.1) is 5.92 Å². The first-order valence-corrected chi connectivity index (χ1v) is 17.5. The van der Waals surface area contributed by atoms with Crippen molar-refractivity contribution in [1.29, 1.82) is 0 Å². The lowest BCUT2D eigenvalue weighted by atomic mass is 9.99. The number of aryl methyl sites for hydroxylation is 1. The molecule has 3 amide bonds. The Bertz CT molecular complexity index is 1850. The second-order valence-corrected chi connectivity index (χ2v) is 13.3. The molecule has 51 heavy (non-hydrogen) atoms. The Morgan fingerprint density at radius 3 is 2.47 bits per heavy atom. The molecule has 0 saturated carbocycles. The summed E-state index contributed by atoms with van der Waals surface area (Å²) in [7, 11) is 1.53. The van der Waals surface area contributed by atoms with Crippen molar-refractivity contribution in [3.8, 4) is 11.5 Å². The van der Waals surface area contributed by atoms with Gasteiger partial charge in [-0.2, -0.15) is 0 Å². The van der Waals surface area contributed by atoms with E-state index in [0.717, 1.165) is 28.8 Å². The van der Waals surface area contributed by atoms with E-state index in [1.807, 2.05) is 55.6 Å². The number of amides is 3. The summed E-state index contributed by atoms with van der Waals surface area (Å²) in [6.45, 7) is 6.98. The van der Waals surface area contributed by atoms with Gasteiger partial charge >= 0.3 is 0 Å². The number of rotatable bonds is 16. The number of carbonyl (C=O) groups is 5. The fourth-order valence-corrected chi connectivity index (χ4v) is 6.36. The van der Waals surface area contributed by atoms with Crippen LogP contribution in [0.25, 0.3) is 0 Å². The lowest BCUT2D eigenvalue weighted by Gasteiger charge is -2.22. The Morgan fingerprint density at radius 1 is 0.980 bits per heavy atom. The van der Waals surface area contributed by atoms with Crippen molar-refractivity contribution in [2.75, 3.05) is 17.3 Å². The van der Waals surface area contributed by atoms with Crippen LogP contribution in [0.15, 0.2) is 59.6 Å². The number of hydrogen-bond donors (Lipinski definition) is 2. The first kappa shape index (κ1) is 36.9. The molecule has 2 N–H and O–H groups in total. The Labute approximate surface area is 298 Å². The number of Topliss-reactive ketones (excluding diaryl/α,β-unsaturated/α-hetero) is 2. The number of carbonyl (C=O) groups excluding carboxylic acids is 5. The molecule has 3 atom stereocenters. The third-order valence-electron chi connectivity index (χ3n) is 9.25. The highest BCUT2D eigenvalue weighted by molar-refractivity contribution is 6.14. The minimum Gasteiger partial charge on any atom is -0.493 e. The van der Waals surface area contributed by atoms with Crippen molar-refractivity contribution in [2.24, 2.45) is 10.9 Å². The smallest absolute Gasteiger partial charge is 0.261 e. The maximum absolute atomic E-state index is 13.8. The molecule has 0 aromatic heterocycles. The number of para-hydroxylation sites is 1. The molecule has 3 aromatic rings. The van der Waals surface area contributed by atoms with E-state index in [2.05, 4.69) is 15.6 Å². The lowest BCUT2D eigenvalue weighted by molar-refractivity contribution is -0.129. The number of anilines is 2. The summed E-state index contributed by atoms with van der Waals surface area (Å²) < 4.78 is 11.9. The van der Waals surface area contributed by atoms with E-state index in [0.29, 0.717) is 54.1 Å². The van der Waals surface area contributed by atoms with Gasteiger partial charge in [0, 0.05) is 55.3 Å². The third kappa shape index (κ3) is 9.08. The molecule has 2 aliphatic rings. The van der Waals surface area contributed by atoms with Gasteiger partial charge in [-0.15, -0.1) is 0 Å². The SMILES string of the molecule is CCc1cc(COc2cc3c(cc2OC)C(=O)N2c4ccccc4C[C@H]2C=N3)cc(NC(=O)[C@H](C)CC(=O)[C@H](C)NC(=O)CCCCC(C)=O)c1. The molecule has 11 nitrogen and oxygen atoms in total. The van der Waals surface area contributed by atoms with E-state index in [4.69, 9.17) is 9.47 Å². The van der Waals surface area contributed by atoms with Crippen LogP contribution in [0.1, 0.15) is 86.8 Å². The van der Waals surface area contributed by atoms with E-state index >= 15 is 0 Å². The lowest BCUT2D eigenvalue weighted by Crippen LogP contribution is -2.39. The number of ketones is 2. The maximum Gasteiger partial charge on any atom is 0.261 e. The molecule has 0 unspecified atom stereocenters. The number of hydrogen-bond acceptors (Lipinski definition) is 8. The number of methoxy groups -OCH3 is 1. The van der Waals surface area contributed by atoms with Crippen molar-refractivity contribution in [3.63, 3.8) is 0 Å². The zero-order valence-corrected chi connectivity index (χ0v) is 29.9. The summed E-state index contributed by atoms with van der Waals surface area (Å²) in [6.07, 6.45) is 5.07. The maximum atomic E-state index is 13.8. The molecule has 3 aromatic carbocycles. The van der Waals surface area contributed by atoms with Gasteiger partial charge in [0.2, 0.25) is 11.8 Å². The molecule has 11 heteroatoms. The summed E-state index contributed by atoms with van der Waals surface area (Å²) in [5, 5.41) is 5.64. The van der Waals surface area contributed by atoms with Gasteiger partial charge in [0.25, 0.3) is 5.91 Å². The second kappa shape index (κ2) is 16.6. The van der Waals surface area contributed by atoms with Crippen LogP contribution < -0.4 is 25.0 Å². The van der Waals surface area contributed by atoms with E-state index < -0.39 is 12.0 Å². The van der Waals surface area contributed by atoms with E-state index in [1.54, 1.807) is 30.9 Å². The van der Waals surface area contributed by atoms with Crippen molar-refractivity contribution >= 4 is 52.6 Å². The summed E-state index contributed by atoms with van der Waals surface area (Å²) in [6, 6.07) is 16.1. The molecular weight excluding hydrogens is 648 g/mol. The van der Waals surface area contributed by atoms with E-state index in [1.165, 1.54) is 14.0 Å². The monoisotopic (exact) mass is 694 g/mol. The zero-order valence-electron chi connectivity index (χ0n) is 29.9. The van der Waals surface area contributed by atoms with Crippen molar-refractivity contribution in [1.82, 2.24) is 5.32 Å².